The smallest absolute Gasteiger partial charge is 0.333 e. The molecule has 0 aromatic heterocycles. The van der Waals surface area contributed by atoms with Gasteiger partial charge in [0.2, 0.25) is 0 Å². The molecule has 0 amide bonds. The molecule has 0 unspecified atom stereocenters. The normalized spacial score (nSPS) is 10.2. The first-order valence-electron chi connectivity index (χ1n) is 11.5. The third kappa shape index (κ3) is 9.45. The standard InChI is InChI=1S/C29H32INO6/c1-18(2)21(7)37-26-10-8-22(16-24(26)30)23-9-11-27(34-14-15-36-29(33)20(5)6)25(17-23)31-12-13-35-28(32)19(3)4/h8-11,16-17,31H,1,3,5,7,12-15H2,2,4,6H3. The van der Waals surface area contributed by atoms with Gasteiger partial charge in [0, 0.05) is 17.7 Å². The number of carbonyl (C=O) groups is 2. The molecule has 0 saturated heterocycles. The zero-order valence-electron chi connectivity index (χ0n) is 21.4. The summed E-state index contributed by atoms with van der Waals surface area (Å²) in [5, 5.41) is 3.25. The van der Waals surface area contributed by atoms with Crippen LogP contribution in [0.25, 0.3) is 11.1 Å². The molecule has 0 heterocycles. The SMILES string of the molecule is C=C(C)C(=C)Oc1ccc(-c2ccc(OCCOC(=O)C(=C)C)c(NCCOC(=O)C(=C)C)c2)cc1I. The molecular formula is C29H32INO6. The number of rotatable bonds is 14. The second-order valence-corrected chi connectivity index (χ2v) is 9.43. The minimum atomic E-state index is -0.467. The van der Waals surface area contributed by atoms with E-state index < -0.39 is 11.9 Å². The van der Waals surface area contributed by atoms with Crippen LogP contribution in [0.4, 0.5) is 5.69 Å². The number of nitrogens with one attached hydrogen (secondary N) is 1. The molecule has 0 atom stereocenters. The van der Waals surface area contributed by atoms with Gasteiger partial charge in [0.05, 0.1) is 9.26 Å². The third-order valence-electron chi connectivity index (χ3n) is 4.88. The molecule has 0 spiro atoms. The summed E-state index contributed by atoms with van der Waals surface area (Å²) in [6, 6.07) is 11.5. The van der Waals surface area contributed by atoms with E-state index in [1.807, 2.05) is 43.3 Å². The molecule has 1 N–H and O–H groups in total. The molecule has 0 saturated carbocycles. The van der Waals surface area contributed by atoms with Crippen LogP contribution < -0.4 is 14.8 Å². The van der Waals surface area contributed by atoms with Gasteiger partial charge in [0.15, 0.2) is 0 Å². The molecule has 0 aliphatic heterocycles. The minimum Gasteiger partial charge on any atom is -0.488 e. The lowest BCUT2D eigenvalue weighted by atomic mass is 10.0. The summed E-state index contributed by atoms with van der Waals surface area (Å²) >= 11 is 2.22. The van der Waals surface area contributed by atoms with Gasteiger partial charge in [0.1, 0.15) is 37.1 Å². The molecule has 2 rings (SSSR count). The maximum Gasteiger partial charge on any atom is 0.333 e. The second-order valence-electron chi connectivity index (χ2n) is 8.27. The van der Waals surface area contributed by atoms with Crippen molar-refractivity contribution < 1.29 is 28.5 Å². The molecule has 2 aromatic rings. The fourth-order valence-electron chi connectivity index (χ4n) is 2.82. The first kappa shape index (κ1) is 29.7. The summed E-state index contributed by atoms with van der Waals surface area (Å²) in [4.78, 5) is 23.2. The number of esters is 2. The first-order chi connectivity index (χ1) is 17.5. The zero-order chi connectivity index (χ0) is 27.5. The summed E-state index contributed by atoms with van der Waals surface area (Å²) in [6.45, 7) is 20.6. The van der Waals surface area contributed by atoms with Gasteiger partial charge in [-0.15, -0.1) is 0 Å². The Morgan fingerprint density at radius 2 is 1.35 bits per heavy atom. The maximum absolute atomic E-state index is 11.7. The van der Waals surface area contributed by atoms with Crippen molar-refractivity contribution in [3.05, 3.63) is 88.8 Å². The molecule has 0 aliphatic carbocycles. The lowest BCUT2D eigenvalue weighted by Gasteiger charge is -2.16. The summed E-state index contributed by atoms with van der Waals surface area (Å²) in [7, 11) is 0. The van der Waals surface area contributed by atoms with Gasteiger partial charge in [-0.25, -0.2) is 9.59 Å². The molecule has 0 fully saturated rings. The van der Waals surface area contributed by atoms with Crippen LogP contribution in [0.5, 0.6) is 11.5 Å². The predicted molar refractivity (Wildman–Crippen MR) is 155 cm³/mol. The van der Waals surface area contributed by atoms with Crippen LogP contribution >= 0.6 is 22.6 Å². The Morgan fingerprint density at radius 1 is 0.784 bits per heavy atom. The van der Waals surface area contributed by atoms with Crippen LogP contribution in [0.2, 0.25) is 0 Å². The minimum absolute atomic E-state index is 0.0816. The summed E-state index contributed by atoms with van der Waals surface area (Å²) < 4.78 is 22.8. The quantitative estimate of drug-likeness (QED) is 0.0651. The van der Waals surface area contributed by atoms with E-state index in [-0.39, 0.29) is 19.8 Å². The van der Waals surface area contributed by atoms with Gasteiger partial charge < -0.3 is 24.3 Å². The Hall–Kier alpha value is -3.53. The van der Waals surface area contributed by atoms with Crippen molar-refractivity contribution in [3.63, 3.8) is 0 Å². The number of hydrogen-bond donors (Lipinski definition) is 1. The topological polar surface area (TPSA) is 83.1 Å². The Kier molecular flexibility index (Phi) is 11.5. The van der Waals surface area contributed by atoms with Crippen LogP contribution in [0.1, 0.15) is 20.8 Å². The average Bonchev–Trinajstić information content (AvgIpc) is 2.85. The van der Waals surface area contributed by atoms with E-state index in [1.54, 1.807) is 13.8 Å². The fraction of sp³-hybridized carbons (Fsp3) is 0.241. The van der Waals surface area contributed by atoms with Gasteiger partial charge in [-0.2, -0.15) is 0 Å². The van der Waals surface area contributed by atoms with Crippen molar-refractivity contribution in [2.75, 3.05) is 31.7 Å². The van der Waals surface area contributed by atoms with E-state index in [4.69, 9.17) is 18.9 Å². The van der Waals surface area contributed by atoms with E-state index in [9.17, 15) is 9.59 Å². The Balaban J connectivity index is 2.20. The number of allylic oxidation sites excluding steroid dienone is 1. The Labute approximate surface area is 232 Å². The molecule has 196 valence electrons. The predicted octanol–water partition coefficient (Wildman–Crippen LogP) is 6.46. The van der Waals surface area contributed by atoms with Gasteiger partial charge in [-0.1, -0.05) is 38.4 Å². The van der Waals surface area contributed by atoms with Gasteiger partial charge >= 0.3 is 11.9 Å². The Bertz CT molecular complexity index is 1220. The summed E-state index contributed by atoms with van der Waals surface area (Å²) in [6.07, 6.45) is 0. The van der Waals surface area contributed by atoms with Crippen molar-refractivity contribution in [3.8, 4) is 22.6 Å². The largest absolute Gasteiger partial charge is 0.488 e. The van der Waals surface area contributed by atoms with Crippen molar-refractivity contribution in [2.24, 2.45) is 0 Å². The van der Waals surface area contributed by atoms with Crippen LogP contribution in [0.3, 0.4) is 0 Å². The fourth-order valence-corrected chi connectivity index (χ4v) is 3.44. The number of hydrogen-bond acceptors (Lipinski definition) is 7. The molecule has 37 heavy (non-hydrogen) atoms. The van der Waals surface area contributed by atoms with Gasteiger partial charge in [-0.05, 0) is 84.3 Å². The molecule has 0 bridgehead atoms. The van der Waals surface area contributed by atoms with Crippen molar-refractivity contribution >= 4 is 40.2 Å². The van der Waals surface area contributed by atoms with Gasteiger partial charge in [0.25, 0.3) is 0 Å². The number of halogens is 1. The number of benzene rings is 2. The van der Waals surface area contributed by atoms with Crippen molar-refractivity contribution in [1.82, 2.24) is 0 Å². The number of carbonyl (C=O) groups excluding carboxylic acids is 2. The highest BCUT2D eigenvalue weighted by atomic mass is 127. The van der Waals surface area contributed by atoms with E-state index in [1.165, 1.54) is 0 Å². The van der Waals surface area contributed by atoms with Crippen LogP contribution in [0.15, 0.2) is 85.2 Å². The van der Waals surface area contributed by atoms with E-state index >= 15 is 0 Å². The van der Waals surface area contributed by atoms with E-state index in [0.29, 0.717) is 40.6 Å². The lowest BCUT2D eigenvalue weighted by molar-refractivity contribution is -0.140. The Morgan fingerprint density at radius 3 is 1.92 bits per heavy atom. The molecule has 7 nitrogen and oxygen atoms in total. The third-order valence-corrected chi connectivity index (χ3v) is 5.72. The molecule has 0 radical (unpaired) electrons. The first-order valence-corrected chi connectivity index (χ1v) is 12.6. The highest BCUT2D eigenvalue weighted by molar-refractivity contribution is 14.1. The summed E-state index contributed by atoms with van der Waals surface area (Å²) in [5.41, 5.74) is 4.02. The second kappa shape index (κ2) is 14.3. The monoisotopic (exact) mass is 617 g/mol. The highest BCUT2D eigenvalue weighted by Crippen LogP contribution is 2.34. The van der Waals surface area contributed by atoms with Crippen LogP contribution in [-0.2, 0) is 19.1 Å². The molecule has 8 heteroatoms. The maximum atomic E-state index is 11.7. The van der Waals surface area contributed by atoms with Crippen molar-refractivity contribution in [2.45, 2.75) is 20.8 Å². The lowest BCUT2D eigenvalue weighted by Crippen LogP contribution is -2.16. The van der Waals surface area contributed by atoms with Crippen LogP contribution in [0, 0.1) is 3.57 Å². The van der Waals surface area contributed by atoms with Crippen LogP contribution in [-0.4, -0.2) is 38.3 Å². The van der Waals surface area contributed by atoms with Crippen molar-refractivity contribution in [1.29, 1.82) is 0 Å². The number of ether oxygens (including phenoxy) is 4. The number of anilines is 1. The molecular weight excluding hydrogens is 585 g/mol. The highest BCUT2D eigenvalue weighted by Gasteiger charge is 2.11. The van der Waals surface area contributed by atoms with E-state index in [2.05, 4.69) is 54.2 Å². The zero-order valence-corrected chi connectivity index (χ0v) is 23.6. The average molecular weight is 617 g/mol. The molecule has 0 aliphatic rings. The molecule has 2 aromatic carbocycles. The summed E-state index contributed by atoms with van der Waals surface area (Å²) in [5.74, 6) is 0.857. The van der Waals surface area contributed by atoms with E-state index in [0.717, 1.165) is 20.3 Å². The van der Waals surface area contributed by atoms with Gasteiger partial charge in [-0.3, -0.25) is 0 Å².